The Bertz CT molecular complexity index is 654. The molecule has 2 aromatic rings. The van der Waals surface area contributed by atoms with Crippen LogP contribution >= 0.6 is 11.3 Å². The second-order valence-corrected chi connectivity index (χ2v) is 7.03. The number of hydrogen-bond donors (Lipinski definition) is 2. The van der Waals surface area contributed by atoms with Gasteiger partial charge in [0.15, 0.2) is 0 Å². The number of rotatable bonds is 8. The van der Waals surface area contributed by atoms with Gasteiger partial charge in [0.2, 0.25) is 10.0 Å². The monoisotopic (exact) mass is 326 g/mol. The van der Waals surface area contributed by atoms with Gasteiger partial charge in [0.1, 0.15) is 12.4 Å². The van der Waals surface area contributed by atoms with Crippen LogP contribution in [0.1, 0.15) is 4.88 Å². The van der Waals surface area contributed by atoms with Gasteiger partial charge in [-0.3, -0.25) is 0 Å². The van der Waals surface area contributed by atoms with Crippen molar-refractivity contribution in [1.29, 1.82) is 0 Å². The van der Waals surface area contributed by atoms with Crippen LogP contribution in [-0.4, -0.2) is 28.6 Å². The van der Waals surface area contributed by atoms with E-state index in [-0.39, 0.29) is 13.2 Å². The Kier molecular flexibility index (Phi) is 5.75. The highest BCUT2D eigenvalue weighted by Gasteiger charge is 2.18. The summed E-state index contributed by atoms with van der Waals surface area (Å²) in [5.74, 6) is 0.725. The fraction of sp³-hybridized carbons (Fsp3) is 0.286. The fourth-order valence-electron chi connectivity index (χ4n) is 1.80. The third kappa shape index (κ3) is 4.53. The second-order valence-electron chi connectivity index (χ2n) is 4.30. The van der Waals surface area contributed by atoms with Gasteiger partial charge in [-0.2, -0.15) is 0 Å². The molecule has 0 saturated heterocycles. The molecule has 0 spiro atoms. The number of benzene rings is 1. The quantitative estimate of drug-likeness (QED) is 0.726. The normalized spacial score (nSPS) is 11.5. The summed E-state index contributed by atoms with van der Waals surface area (Å²) in [6.07, 6.45) is 0. The SMILES string of the molecule is CNCc1sccc1S(=O)(=O)NCCOc1ccccc1. The standard InChI is InChI=1S/C14H18N2O3S2/c1-15-11-13-14(7-10-20-13)21(17,18)16-8-9-19-12-5-3-2-4-6-12/h2-7,10,15-16H,8-9,11H2,1H3. The molecule has 2 N–H and O–H groups in total. The molecule has 0 unspecified atom stereocenters. The fourth-order valence-corrected chi connectivity index (χ4v) is 4.26. The van der Waals surface area contributed by atoms with Crippen molar-refractivity contribution in [1.82, 2.24) is 10.0 Å². The number of ether oxygens (including phenoxy) is 1. The molecular formula is C14H18N2O3S2. The van der Waals surface area contributed by atoms with Gasteiger partial charge in [-0.1, -0.05) is 18.2 Å². The molecule has 2 rings (SSSR count). The van der Waals surface area contributed by atoms with Crippen molar-refractivity contribution < 1.29 is 13.2 Å². The summed E-state index contributed by atoms with van der Waals surface area (Å²) in [6, 6.07) is 10.9. The zero-order chi connectivity index (χ0) is 15.1. The molecule has 0 fully saturated rings. The molecule has 1 heterocycles. The van der Waals surface area contributed by atoms with Crippen molar-refractivity contribution in [3.63, 3.8) is 0 Å². The Morgan fingerprint density at radius 2 is 1.95 bits per heavy atom. The number of thiophene rings is 1. The Labute approximate surface area is 129 Å². The molecule has 1 aromatic carbocycles. The maximum absolute atomic E-state index is 12.2. The van der Waals surface area contributed by atoms with E-state index in [1.54, 1.807) is 18.5 Å². The zero-order valence-electron chi connectivity index (χ0n) is 11.7. The van der Waals surface area contributed by atoms with E-state index in [0.29, 0.717) is 11.4 Å². The predicted octanol–water partition coefficient (Wildman–Crippen LogP) is 1.82. The van der Waals surface area contributed by atoms with E-state index in [1.165, 1.54) is 11.3 Å². The third-order valence-electron chi connectivity index (χ3n) is 2.74. The largest absolute Gasteiger partial charge is 0.492 e. The number of hydrogen-bond acceptors (Lipinski definition) is 5. The Hall–Kier alpha value is -1.41. The highest BCUT2D eigenvalue weighted by atomic mass is 32.2. The minimum absolute atomic E-state index is 0.228. The molecule has 0 bridgehead atoms. The molecule has 0 aliphatic rings. The summed E-state index contributed by atoms with van der Waals surface area (Å²) in [5, 5.41) is 4.74. The first-order chi connectivity index (χ1) is 10.1. The number of para-hydroxylation sites is 1. The van der Waals surface area contributed by atoms with Crippen LogP contribution in [-0.2, 0) is 16.6 Å². The van der Waals surface area contributed by atoms with Crippen molar-refractivity contribution in [2.45, 2.75) is 11.4 Å². The average molecular weight is 326 g/mol. The van der Waals surface area contributed by atoms with E-state index in [2.05, 4.69) is 10.0 Å². The minimum Gasteiger partial charge on any atom is -0.492 e. The summed E-state index contributed by atoms with van der Waals surface area (Å²) in [5.41, 5.74) is 0. The van der Waals surface area contributed by atoms with E-state index >= 15 is 0 Å². The lowest BCUT2D eigenvalue weighted by atomic mass is 10.3. The van der Waals surface area contributed by atoms with Crippen molar-refractivity contribution in [2.75, 3.05) is 20.2 Å². The summed E-state index contributed by atoms with van der Waals surface area (Å²) in [7, 11) is -1.69. The molecule has 5 nitrogen and oxygen atoms in total. The molecule has 0 saturated carbocycles. The van der Waals surface area contributed by atoms with Crippen LogP contribution in [0.3, 0.4) is 0 Å². The molecule has 0 radical (unpaired) electrons. The van der Waals surface area contributed by atoms with Gasteiger partial charge < -0.3 is 10.1 Å². The van der Waals surface area contributed by atoms with E-state index in [9.17, 15) is 8.42 Å². The van der Waals surface area contributed by atoms with Crippen LogP contribution in [0.4, 0.5) is 0 Å². The summed E-state index contributed by atoms with van der Waals surface area (Å²) in [6.45, 7) is 1.05. The first kappa shape index (κ1) is 16.0. The molecule has 21 heavy (non-hydrogen) atoms. The van der Waals surface area contributed by atoms with Crippen LogP contribution in [0, 0.1) is 0 Å². The number of sulfonamides is 1. The van der Waals surface area contributed by atoms with Gasteiger partial charge in [-0.05, 0) is 30.6 Å². The first-order valence-corrected chi connectivity index (χ1v) is 8.88. The van der Waals surface area contributed by atoms with Crippen LogP contribution in [0.15, 0.2) is 46.7 Å². The van der Waals surface area contributed by atoms with Crippen LogP contribution in [0.2, 0.25) is 0 Å². The number of nitrogens with one attached hydrogen (secondary N) is 2. The third-order valence-corrected chi connectivity index (χ3v) is 5.33. The van der Waals surface area contributed by atoms with Gasteiger partial charge in [0, 0.05) is 18.0 Å². The molecular weight excluding hydrogens is 308 g/mol. The van der Waals surface area contributed by atoms with Crippen molar-refractivity contribution >= 4 is 21.4 Å². The predicted molar refractivity (Wildman–Crippen MR) is 84.2 cm³/mol. The van der Waals surface area contributed by atoms with Crippen molar-refractivity contribution in [3.05, 3.63) is 46.7 Å². The summed E-state index contributed by atoms with van der Waals surface area (Å²) >= 11 is 1.42. The Balaban J connectivity index is 1.88. The van der Waals surface area contributed by atoms with Gasteiger partial charge in [0.05, 0.1) is 4.90 Å². The Morgan fingerprint density at radius 1 is 1.19 bits per heavy atom. The van der Waals surface area contributed by atoms with E-state index < -0.39 is 10.0 Å². The summed E-state index contributed by atoms with van der Waals surface area (Å²) < 4.78 is 32.4. The molecule has 0 atom stereocenters. The first-order valence-electron chi connectivity index (χ1n) is 6.52. The highest BCUT2D eigenvalue weighted by Crippen LogP contribution is 2.21. The average Bonchev–Trinajstić information content (AvgIpc) is 2.94. The van der Waals surface area contributed by atoms with Gasteiger partial charge >= 0.3 is 0 Å². The maximum Gasteiger partial charge on any atom is 0.241 e. The lowest BCUT2D eigenvalue weighted by Crippen LogP contribution is -2.28. The van der Waals surface area contributed by atoms with Crippen molar-refractivity contribution in [2.24, 2.45) is 0 Å². The van der Waals surface area contributed by atoms with E-state index in [0.717, 1.165) is 10.6 Å². The molecule has 1 aromatic heterocycles. The zero-order valence-corrected chi connectivity index (χ0v) is 13.3. The van der Waals surface area contributed by atoms with E-state index in [4.69, 9.17) is 4.74 Å². The van der Waals surface area contributed by atoms with Crippen LogP contribution < -0.4 is 14.8 Å². The smallest absolute Gasteiger partial charge is 0.241 e. The van der Waals surface area contributed by atoms with E-state index in [1.807, 2.05) is 30.3 Å². The second kappa shape index (κ2) is 7.56. The van der Waals surface area contributed by atoms with Crippen molar-refractivity contribution in [3.8, 4) is 5.75 Å². The van der Waals surface area contributed by atoms with Crippen LogP contribution in [0.25, 0.3) is 0 Å². The minimum atomic E-state index is -3.48. The van der Waals surface area contributed by atoms with Crippen LogP contribution in [0.5, 0.6) is 5.75 Å². The van der Waals surface area contributed by atoms with Gasteiger partial charge in [-0.25, -0.2) is 13.1 Å². The van der Waals surface area contributed by atoms with Gasteiger partial charge in [-0.15, -0.1) is 11.3 Å². The summed E-state index contributed by atoms with van der Waals surface area (Å²) in [4.78, 5) is 1.13. The topological polar surface area (TPSA) is 67.4 Å². The maximum atomic E-state index is 12.2. The lowest BCUT2D eigenvalue weighted by Gasteiger charge is -2.09. The Morgan fingerprint density at radius 3 is 2.67 bits per heavy atom. The highest BCUT2D eigenvalue weighted by molar-refractivity contribution is 7.89. The molecule has 0 amide bonds. The molecule has 114 valence electrons. The lowest BCUT2D eigenvalue weighted by molar-refractivity contribution is 0.323. The molecule has 7 heteroatoms. The van der Waals surface area contributed by atoms with Gasteiger partial charge in [0.25, 0.3) is 0 Å². The molecule has 0 aliphatic carbocycles. The molecule has 0 aliphatic heterocycles.